The average molecular weight is 462 g/mol. The van der Waals surface area contributed by atoms with Crippen molar-refractivity contribution in [2.24, 2.45) is 5.92 Å². The zero-order valence-electron chi connectivity index (χ0n) is 19.5. The first-order valence-electron chi connectivity index (χ1n) is 12.6. The van der Waals surface area contributed by atoms with E-state index in [1.54, 1.807) is 0 Å². The van der Waals surface area contributed by atoms with E-state index in [-0.39, 0.29) is 0 Å². The quantitative estimate of drug-likeness (QED) is 0.463. The molecule has 2 aromatic carbocycles. The maximum Gasteiger partial charge on any atom is 0.151 e. The Labute approximate surface area is 199 Å². The van der Waals surface area contributed by atoms with E-state index in [2.05, 4.69) is 65.6 Å². The van der Waals surface area contributed by atoms with Gasteiger partial charge in [0.15, 0.2) is 9.84 Å². The molecule has 0 unspecified atom stereocenters. The number of likely N-dealkylation sites (tertiary alicyclic amines) is 1. The molecule has 0 aromatic heterocycles. The van der Waals surface area contributed by atoms with E-state index in [1.807, 2.05) is 0 Å². The standard InChI is InChI=1S/C29H35NO2S/c31-33(32,22-23-8-2-1-3-9-23)21-20-30-18-16-26(17-19-30)29-27-12-6-4-10-24(27)14-15-25-11-5-7-13-28(25)29/h4-7,10-15,23H,1-3,8-9,16-22H2. The van der Waals surface area contributed by atoms with Crippen molar-refractivity contribution in [3.05, 3.63) is 76.4 Å². The Hall–Kier alpha value is -2.17. The fraction of sp³-hybridized carbons (Fsp3) is 0.448. The summed E-state index contributed by atoms with van der Waals surface area (Å²) in [7, 11) is -2.96. The minimum absolute atomic E-state index is 0.311. The van der Waals surface area contributed by atoms with Gasteiger partial charge in [0.25, 0.3) is 0 Å². The third-order valence-electron chi connectivity index (χ3n) is 7.65. The van der Waals surface area contributed by atoms with Crippen LogP contribution in [0.5, 0.6) is 0 Å². The van der Waals surface area contributed by atoms with Gasteiger partial charge in [-0.3, -0.25) is 0 Å². The maximum absolute atomic E-state index is 12.7. The summed E-state index contributed by atoms with van der Waals surface area (Å²) in [6.07, 6.45) is 12.3. The second-order valence-electron chi connectivity index (χ2n) is 9.95. The van der Waals surface area contributed by atoms with Crippen molar-refractivity contribution >= 4 is 27.6 Å². The number of sulfone groups is 1. The fourth-order valence-corrected chi connectivity index (χ4v) is 7.56. The molecular weight excluding hydrogens is 426 g/mol. The van der Waals surface area contributed by atoms with Crippen LogP contribution in [0.15, 0.2) is 54.1 Å². The number of nitrogens with zero attached hydrogens (tertiary/aromatic N) is 1. The Bertz CT molecular complexity index is 1090. The Morgan fingerprint density at radius 1 is 0.788 bits per heavy atom. The first kappa shape index (κ1) is 22.6. The minimum Gasteiger partial charge on any atom is -0.302 e. The normalized spacial score (nSPS) is 19.8. The van der Waals surface area contributed by atoms with Gasteiger partial charge in [-0.2, -0.15) is 0 Å². The highest BCUT2D eigenvalue weighted by atomic mass is 32.2. The number of benzene rings is 2. The van der Waals surface area contributed by atoms with Crippen molar-refractivity contribution < 1.29 is 8.42 Å². The predicted octanol–water partition coefficient (Wildman–Crippen LogP) is 6.06. The van der Waals surface area contributed by atoms with Gasteiger partial charge in [-0.05, 0) is 59.4 Å². The number of hydrogen-bond donors (Lipinski definition) is 0. The summed E-state index contributed by atoms with van der Waals surface area (Å²) in [6.45, 7) is 2.55. The lowest BCUT2D eigenvalue weighted by Gasteiger charge is -2.30. The molecule has 33 heavy (non-hydrogen) atoms. The van der Waals surface area contributed by atoms with Gasteiger partial charge >= 0.3 is 0 Å². The van der Waals surface area contributed by atoms with Gasteiger partial charge in [-0.15, -0.1) is 0 Å². The molecule has 2 aromatic rings. The summed E-state index contributed by atoms with van der Waals surface area (Å²) >= 11 is 0. The van der Waals surface area contributed by atoms with Crippen LogP contribution >= 0.6 is 0 Å². The molecule has 1 heterocycles. The molecule has 4 heteroatoms. The second kappa shape index (κ2) is 9.99. The Kier molecular flexibility index (Phi) is 6.84. The molecule has 3 aliphatic rings. The summed E-state index contributed by atoms with van der Waals surface area (Å²) in [5.74, 6) is 1.10. The van der Waals surface area contributed by atoms with Crippen LogP contribution in [0.4, 0.5) is 0 Å². The number of fused-ring (bicyclic) bond motifs is 2. The van der Waals surface area contributed by atoms with Gasteiger partial charge in [0, 0.05) is 19.6 Å². The molecule has 1 saturated heterocycles. The van der Waals surface area contributed by atoms with E-state index in [0.29, 0.717) is 24.0 Å². The van der Waals surface area contributed by atoms with E-state index in [0.717, 1.165) is 38.8 Å². The molecule has 2 aliphatic carbocycles. The molecule has 0 atom stereocenters. The molecule has 2 fully saturated rings. The van der Waals surface area contributed by atoms with Gasteiger partial charge < -0.3 is 4.90 Å². The zero-order chi connectivity index (χ0) is 22.7. The predicted molar refractivity (Wildman–Crippen MR) is 139 cm³/mol. The number of rotatable bonds is 5. The average Bonchev–Trinajstić information content (AvgIpc) is 3.01. The van der Waals surface area contributed by atoms with E-state index >= 15 is 0 Å². The Morgan fingerprint density at radius 2 is 1.36 bits per heavy atom. The Morgan fingerprint density at radius 3 is 1.97 bits per heavy atom. The topological polar surface area (TPSA) is 37.4 Å². The van der Waals surface area contributed by atoms with E-state index < -0.39 is 9.84 Å². The summed E-state index contributed by atoms with van der Waals surface area (Å²) in [5, 5.41) is 0. The largest absolute Gasteiger partial charge is 0.302 e. The summed E-state index contributed by atoms with van der Waals surface area (Å²) in [6, 6.07) is 17.4. The van der Waals surface area contributed by atoms with Gasteiger partial charge in [-0.1, -0.05) is 85.5 Å². The molecule has 0 amide bonds. The third-order valence-corrected chi connectivity index (χ3v) is 9.43. The van der Waals surface area contributed by atoms with Crippen LogP contribution in [0.1, 0.15) is 67.2 Å². The van der Waals surface area contributed by atoms with Crippen molar-refractivity contribution in [1.82, 2.24) is 4.90 Å². The number of hydrogen-bond acceptors (Lipinski definition) is 3. The minimum atomic E-state index is -2.96. The maximum atomic E-state index is 12.7. The zero-order valence-corrected chi connectivity index (χ0v) is 20.3. The van der Waals surface area contributed by atoms with Crippen molar-refractivity contribution in [2.75, 3.05) is 31.1 Å². The highest BCUT2D eigenvalue weighted by molar-refractivity contribution is 7.91. The smallest absolute Gasteiger partial charge is 0.151 e. The highest BCUT2D eigenvalue weighted by Gasteiger charge is 2.25. The van der Waals surface area contributed by atoms with Crippen LogP contribution in [-0.2, 0) is 9.84 Å². The molecule has 0 spiro atoms. The molecule has 1 saturated carbocycles. The van der Waals surface area contributed by atoms with Crippen LogP contribution in [0.2, 0.25) is 0 Å². The van der Waals surface area contributed by atoms with Gasteiger partial charge in [0.05, 0.1) is 11.5 Å². The highest BCUT2D eigenvalue weighted by Crippen LogP contribution is 2.38. The van der Waals surface area contributed by atoms with Crippen molar-refractivity contribution in [3.63, 3.8) is 0 Å². The second-order valence-corrected chi connectivity index (χ2v) is 12.2. The summed E-state index contributed by atoms with van der Waals surface area (Å²) in [4.78, 5) is 2.36. The molecule has 1 aliphatic heterocycles. The molecule has 5 rings (SSSR count). The van der Waals surface area contributed by atoms with E-state index in [1.165, 1.54) is 52.7 Å². The van der Waals surface area contributed by atoms with Crippen molar-refractivity contribution in [2.45, 2.75) is 44.9 Å². The molecule has 174 valence electrons. The van der Waals surface area contributed by atoms with Crippen LogP contribution in [0.3, 0.4) is 0 Å². The van der Waals surface area contributed by atoms with Gasteiger partial charge in [-0.25, -0.2) is 8.42 Å². The van der Waals surface area contributed by atoms with E-state index in [9.17, 15) is 8.42 Å². The fourth-order valence-electron chi connectivity index (χ4n) is 5.81. The molecule has 0 bridgehead atoms. The van der Waals surface area contributed by atoms with Crippen molar-refractivity contribution in [3.8, 4) is 0 Å². The van der Waals surface area contributed by atoms with Crippen LogP contribution < -0.4 is 0 Å². The summed E-state index contributed by atoms with van der Waals surface area (Å²) < 4.78 is 25.4. The van der Waals surface area contributed by atoms with E-state index in [4.69, 9.17) is 0 Å². The summed E-state index contributed by atoms with van der Waals surface area (Å²) in [5.41, 5.74) is 8.06. The van der Waals surface area contributed by atoms with Crippen molar-refractivity contribution in [1.29, 1.82) is 0 Å². The molecule has 0 N–H and O–H groups in total. The van der Waals surface area contributed by atoms with Crippen LogP contribution in [0, 0.1) is 5.92 Å². The van der Waals surface area contributed by atoms with Crippen LogP contribution in [0.25, 0.3) is 17.7 Å². The SMILES string of the molecule is O=S(=O)(CCN1CCC(=C2c3ccccc3C=Cc3ccccc32)CC1)CC1CCCCC1. The first-order valence-corrected chi connectivity index (χ1v) is 14.4. The monoisotopic (exact) mass is 461 g/mol. The molecular formula is C29H35NO2S. The third kappa shape index (κ3) is 5.33. The first-order chi connectivity index (χ1) is 16.1. The lowest BCUT2D eigenvalue weighted by Crippen LogP contribution is -2.36. The molecule has 0 radical (unpaired) electrons. The van der Waals surface area contributed by atoms with Gasteiger partial charge in [0.2, 0.25) is 0 Å². The Balaban J connectivity index is 1.29. The van der Waals surface area contributed by atoms with Crippen LogP contribution in [-0.4, -0.2) is 44.5 Å². The number of piperidine rings is 1. The molecule has 3 nitrogen and oxygen atoms in total. The lowest BCUT2D eigenvalue weighted by atomic mass is 9.86. The lowest BCUT2D eigenvalue weighted by molar-refractivity contribution is 0.271. The van der Waals surface area contributed by atoms with Gasteiger partial charge in [0.1, 0.15) is 0 Å².